The molecule has 1 aromatic rings. The van der Waals surface area contributed by atoms with Gasteiger partial charge in [0.1, 0.15) is 0 Å². The van der Waals surface area contributed by atoms with Gasteiger partial charge in [-0.05, 0) is 63.0 Å². The highest BCUT2D eigenvalue weighted by Crippen LogP contribution is 2.11. The smallest absolute Gasteiger partial charge is 0.0271 e. The molecule has 1 unspecified atom stereocenters. The first-order chi connectivity index (χ1) is 9.63. The van der Waals surface area contributed by atoms with E-state index in [9.17, 15) is 0 Å². The molecule has 0 saturated carbocycles. The van der Waals surface area contributed by atoms with Gasteiger partial charge in [0.15, 0.2) is 0 Å². The predicted octanol–water partition coefficient (Wildman–Crippen LogP) is 3.32. The Morgan fingerprint density at radius 1 is 1.20 bits per heavy atom. The number of nitrogens with one attached hydrogen (secondary N) is 1. The molecule has 1 heterocycles. The minimum absolute atomic E-state index is 0.633. The molecule has 0 aromatic carbocycles. The lowest BCUT2D eigenvalue weighted by Crippen LogP contribution is -2.33. The molecule has 0 aliphatic heterocycles. The zero-order chi connectivity index (χ0) is 14.8. The van der Waals surface area contributed by atoms with Gasteiger partial charge in [-0.15, -0.1) is 0 Å². The van der Waals surface area contributed by atoms with Gasteiger partial charge < -0.3 is 5.32 Å². The van der Waals surface area contributed by atoms with Gasteiger partial charge in [-0.2, -0.15) is 0 Å². The quantitative estimate of drug-likeness (QED) is 0.665. The summed E-state index contributed by atoms with van der Waals surface area (Å²) in [4.78, 5) is 6.62. The van der Waals surface area contributed by atoms with Crippen LogP contribution in [-0.4, -0.2) is 35.6 Å². The van der Waals surface area contributed by atoms with Gasteiger partial charge in [-0.1, -0.05) is 20.8 Å². The molecule has 0 aliphatic carbocycles. The largest absolute Gasteiger partial charge is 0.316 e. The lowest BCUT2D eigenvalue weighted by Gasteiger charge is -2.28. The highest BCUT2D eigenvalue weighted by Gasteiger charge is 2.12. The topological polar surface area (TPSA) is 28.2 Å². The van der Waals surface area contributed by atoms with E-state index in [1.807, 2.05) is 12.4 Å². The first-order valence-corrected chi connectivity index (χ1v) is 7.97. The average molecular weight is 277 g/mol. The van der Waals surface area contributed by atoms with Gasteiger partial charge in [0.05, 0.1) is 0 Å². The lowest BCUT2D eigenvalue weighted by atomic mass is 10.1. The fraction of sp³-hybridized carbons (Fsp3) is 0.706. The van der Waals surface area contributed by atoms with Crippen LogP contribution >= 0.6 is 0 Å². The van der Waals surface area contributed by atoms with Gasteiger partial charge in [0.25, 0.3) is 0 Å². The highest BCUT2D eigenvalue weighted by atomic mass is 15.1. The molecule has 20 heavy (non-hydrogen) atoms. The molecular formula is C17H31N3. The first-order valence-electron chi connectivity index (χ1n) is 7.97. The molecular weight excluding hydrogens is 246 g/mol. The zero-order valence-electron chi connectivity index (χ0n) is 13.6. The maximum Gasteiger partial charge on any atom is 0.0271 e. The van der Waals surface area contributed by atoms with Crippen LogP contribution in [0.4, 0.5) is 0 Å². The van der Waals surface area contributed by atoms with Crippen LogP contribution in [0, 0.1) is 5.92 Å². The molecule has 0 fully saturated rings. The molecule has 0 spiro atoms. The fourth-order valence-corrected chi connectivity index (χ4v) is 2.40. The third-order valence-electron chi connectivity index (χ3n) is 3.69. The second-order valence-electron chi connectivity index (χ2n) is 6.01. The van der Waals surface area contributed by atoms with Crippen LogP contribution in [0.5, 0.6) is 0 Å². The molecule has 1 N–H and O–H groups in total. The fourth-order valence-electron chi connectivity index (χ4n) is 2.40. The number of nitrogens with zero attached hydrogens (tertiary/aromatic N) is 2. The van der Waals surface area contributed by atoms with Crippen LogP contribution in [0.15, 0.2) is 24.5 Å². The molecule has 114 valence electrons. The van der Waals surface area contributed by atoms with Crippen molar-refractivity contribution < 1.29 is 0 Å². The highest BCUT2D eigenvalue weighted by molar-refractivity contribution is 5.09. The lowest BCUT2D eigenvalue weighted by molar-refractivity contribution is 0.198. The molecule has 3 nitrogen and oxygen atoms in total. The van der Waals surface area contributed by atoms with Crippen molar-refractivity contribution in [1.82, 2.24) is 15.2 Å². The van der Waals surface area contributed by atoms with E-state index < -0.39 is 0 Å². The van der Waals surface area contributed by atoms with E-state index in [-0.39, 0.29) is 0 Å². The van der Waals surface area contributed by atoms with Gasteiger partial charge in [0, 0.05) is 25.0 Å². The Labute approximate surface area is 124 Å². The normalized spacial score (nSPS) is 13.1. The summed E-state index contributed by atoms with van der Waals surface area (Å²) in [6.07, 6.45) is 6.26. The van der Waals surface area contributed by atoms with E-state index in [1.54, 1.807) is 0 Å². The monoisotopic (exact) mass is 277 g/mol. The summed E-state index contributed by atoms with van der Waals surface area (Å²) in [5.74, 6) is 0.742. The number of pyridine rings is 1. The van der Waals surface area contributed by atoms with E-state index in [2.05, 4.69) is 55.0 Å². The summed E-state index contributed by atoms with van der Waals surface area (Å²) in [6, 6.07) is 4.85. The molecule has 0 amide bonds. The van der Waals surface area contributed by atoms with E-state index in [1.165, 1.54) is 18.4 Å². The second kappa shape index (κ2) is 9.89. The number of aromatic nitrogens is 1. The Balaban J connectivity index is 2.26. The van der Waals surface area contributed by atoms with Crippen molar-refractivity contribution in [2.24, 2.45) is 5.92 Å². The van der Waals surface area contributed by atoms with Crippen LogP contribution in [0.1, 0.15) is 46.1 Å². The summed E-state index contributed by atoms with van der Waals surface area (Å²) < 4.78 is 0. The molecule has 0 aliphatic rings. The van der Waals surface area contributed by atoms with E-state index >= 15 is 0 Å². The molecule has 1 aromatic heterocycles. The SMILES string of the molecule is CCN(Cc1ccncc1)C(C)CCCNCC(C)C. The van der Waals surface area contributed by atoms with Gasteiger partial charge in [-0.3, -0.25) is 9.88 Å². The van der Waals surface area contributed by atoms with Crippen LogP contribution in [-0.2, 0) is 6.54 Å². The summed E-state index contributed by atoms with van der Waals surface area (Å²) in [5.41, 5.74) is 1.35. The van der Waals surface area contributed by atoms with Gasteiger partial charge in [0.2, 0.25) is 0 Å². The molecule has 1 atom stereocenters. The molecule has 0 radical (unpaired) electrons. The van der Waals surface area contributed by atoms with Crippen molar-refractivity contribution in [3.05, 3.63) is 30.1 Å². The zero-order valence-corrected chi connectivity index (χ0v) is 13.6. The average Bonchev–Trinajstić information content (AvgIpc) is 2.45. The molecule has 0 bridgehead atoms. The number of rotatable bonds is 10. The number of hydrogen-bond acceptors (Lipinski definition) is 3. The molecule has 0 saturated heterocycles. The first kappa shape index (κ1) is 17.1. The second-order valence-corrected chi connectivity index (χ2v) is 6.01. The predicted molar refractivity (Wildman–Crippen MR) is 86.7 cm³/mol. The standard InChI is InChI=1S/C17H31N3/c1-5-20(14-17-8-11-18-12-9-17)16(4)7-6-10-19-13-15(2)3/h8-9,11-12,15-16,19H,5-7,10,13-14H2,1-4H3. The Kier molecular flexibility index (Phi) is 8.47. The van der Waals surface area contributed by atoms with Crippen LogP contribution < -0.4 is 5.32 Å². The van der Waals surface area contributed by atoms with Crippen LogP contribution in [0.3, 0.4) is 0 Å². The van der Waals surface area contributed by atoms with Crippen molar-refractivity contribution in [2.45, 2.75) is 53.1 Å². The van der Waals surface area contributed by atoms with Gasteiger partial charge in [-0.25, -0.2) is 0 Å². The van der Waals surface area contributed by atoms with Crippen molar-refractivity contribution in [3.63, 3.8) is 0 Å². The third kappa shape index (κ3) is 7.01. The number of hydrogen-bond donors (Lipinski definition) is 1. The van der Waals surface area contributed by atoms with Crippen molar-refractivity contribution in [3.8, 4) is 0 Å². The van der Waals surface area contributed by atoms with Crippen LogP contribution in [0.25, 0.3) is 0 Å². The third-order valence-corrected chi connectivity index (χ3v) is 3.69. The van der Waals surface area contributed by atoms with Gasteiger partial charge >= 0.3 is 0 Å². The minimum atomic E-state index is 0.633. The van der Waals surface area contributed by atoms with E-state index in [0.29, 0.717) is 6.04 Å². The Morgan fingerprint density at radius 3 is 2.50 bits per heavy atom. The maximum atomic E-state index is 4.08. The summed E-state index contributed by atoms with van der Waals surface area (Å²) in [5, 5.41) is 3.52. The van der Waals surface area contributed by atoms with E-state index in [4.69, 9.17) is 0 Å². The molecule has 1 rings (SSSR count). The Hall–Kier alpha value is -0.930. The van der Waals surface area contributed by atoms with Crippen molar-refractivity contribution >= 4 is 0 Å². The Morgan fingerprint density at radius 2 is 1.90 bits per heavy atom. The maximum absolute atomic E-state index is 4.08. The minimum Gasteiger partial charge on any atom is -0.316 e. The summed E-state index contributed by atoms with van der Waals surface area (Å²) in [7, 11) is 0. The summed E-state index contributed by atoms with van der Waals surface area (Å²) in [6.45, 7) is 13.5. The van der Waals surface area contributed by atoms with Crippen molar-refractivity contribution in [2.75, 3.05) is 19.6 Å². The molecule has 3 heteroatoms. The summed E-state index contributed by atoms with van der Waals surface area (Å²) >= 11 is 0. The van der Waals surface area contributed by atoms with Crippen molar-refractivity contribution in [1.29, 1.82) is 0 Å². The van der Waals surface area contributed by atoms with E-state index in [0.717, 1.165) is 32.1 Å². The Bertz CT molecular complexity index is 337. The van der Waals surface area contributed by atoms with Crippen LogP contribution in [0.2, 0.25) is 0 Å².